The lowest BCUT2D eigenvalue weighted by atomic mass is 10.2. The number of hydrogen-bond donors (Lipinski definition) is 0. The van der Waals surface area contributed by atoms with Gasteiger partial charge in [-0.1, -0.05) is 0 Å². The quantitative estimate of drug-likeness (QED) is 0.694. The summed E-state index contributed by atoms with van der Waals surface area (Å²) in [6.45, 7) is 3.22. The van der Waals surface area contributed by atoms with Gasteiger partial charge >= 0.3 is 6.18 Å². The summed E-state index contributed by atoms with van der Waals surface area (Å²) in [6.07, 6.45) is -4.86. The molecule has 0 heterocycles. The molecule has 0 aliphatic heterocycles. The SMILES string of the molecule is CC(C)Oc1cc(C(F)(F)F)ccc1F. The zero-order chi connectivity index (χ0) is 11.6. The van der Waals surface area contributed by atoms with E-state index in [1.165, 1.54) is 0 Å². The summed E-state index contributed by atoms with van der Waals surface area (Å²) in [7, 11) is 0. The van der Waals surface area contributed by atoms with Crippen molar-refractivity contribution < 1.29 is 22.3 Å². The van der Waals surface area contributed by atoms with E-state index in [9.17, 15) is 17.6 Å². The fraction of sp³-hybridized carbons (Fsp3) is 0.400. The molecule has 0 N–H and O–H groups in total. The lowest BCUT2D eigenvalue weighted by Crippen LogP contribution is -2.10. The van der Waals surface area contributed by atoms with Crippen LogP contribution < -0.4 is 4.74 Å². The van der Waals surface area contributed by atoms with Gasteiger partial charge in [0.15, 0.2) is 11.6 Å². The van der Waals surface area contributed by atoms with Crippen molar-refractivity contribution in [3.8, 4) is 5.75 Å². The van der Waals surface area contributed by atoms with E-state index in [4.69, 9.17) is 4.74 Å². The lowest BCUT2D eigenvalue weighted by molar-refractivity contribution is -0.137. The summed E-state index contributed by atoms with van der Waals surface area (Å²) in [5, 5.41) is 0. The first kappa shape index (κ1) is 11.8. The van der Waals surface area contributed by atoms with E-state index in [2.05, 4.69) is 0 Å². The minimum absolute atomic E-state index is 0.372. The Balaban J connectivity index is 3.06. The molecule has 0 saturated heterocycles. The highest BCUT2D eigenvalue weighted by atomic mass is 19.4. The number of benzene rings is 1. The maximum atomic E-state index is 13.0. The highest BCUT2D eigenvalue weighted by Gasteiger charge is 2.31. The third-order valence-corrected chi connectivity index (χ3v) is 1.62. The topological polar surface area (TPSA) is 9.23 Å². The molecule has 15 heavy (non-hydrogen) atoms. The Kier molecular flexibility index (Phi) is 3.21. The van der Waals surface area contributed by atoms with E-state index in [1.807, 2.05) is 0 Å². The van der Waals surface area contributed by atoms with Crippen LogP contribution in [0.25, 0.3) is 0 Å². The second kappa shape index (κ2) is 4.08. The van der Waals surface area contributed by atoms with E-state index in [1.54, 1.807) is 13.8 Å². The van der Waals surface area contributed by atoms with Crippen molar-refractivity contribution in [1.29, 1.82) is 0 Å². The molecule has 0 unspecified atom stereocenters. The molecule has 0 spiro atoms. The van der Waals surface area contributed by atoms with Gasteiger partial charge in [0.25, 0.3) is 0 Å². The number of ether oxygens (including phenoxy) is 1. The highest BCUT2D eigenvalue weighted by molar-refractivity contribution is 5.32. The van der Waals surface area contributed by atoms with E-state index in [0.29, 0.717) is 12.1 Å². The Morgan fingerprint density at radius 3 is 2.27 bits per heavy atom. The Labute approximate surface area is 84.7 Å². The van der Waals surface area contributed by atoms with Crippen molar-refractivity contribution in [3.63, 3.8) is 0 Å². The summed E-state index contributed by atoms with van der Waals surface area (Å²) in [6, 6.07) is 2.10. The zero-order valence-electron chi connectivity index (χ0n) is 8.23. The minimum Gasteiger partial charge on any atom is -0.488 e. The van der Waals surface area contributed by atoms with Gasteiger partial charge in [0, 0.05) is 0 Å². The van der Waals surface area contributed by atoms with Crippen molar-refractivity contribution in [3.05, 3.63) is 29.6 Å². The first-order valence-corrected chi connectivity index (χ1v) is 4.34. The molecule has 1 nitrogen and oxygen atoms in total. The lowest BCUT2D eigenvalue weighted by Gasteiger charge is -2.13. The molecule has 0 fully saturated rings. The van der Waals surface area contributed by atoms with Crippen molar-refractivity contribution in [1.82, 2.24) is 0 Å². The molecule has 0 aliphatic carbocycles. The van der Waals surface area contributed by atoms with Gasteiger partial charge in [0.1, 0.15) is 0 Å². The van der Waals surface area contributed by atoms with Gasteiger partial charge in [-0.3, -0.25) is 0 Å². The summed E-state index contributed by atoms with van der Waals surface area (Å²) < 4.78 is 54.7. The molecule has 0 atom stereocenters. The molecule has 5 heteroatoms. The Morgan fingerprint density at radius 2 is 1.80 bits per heavy atom. The molecular weight excluding hydrogens is 212 g/mol. The van der Waals surface area contributed by atoms with Gasteiger partial charge in [0.2, 0.25) is 0 Å². The third kappa shape index (κ3) is 3.11. The Bertz CT molecular complexity index is 344. The predicted octanol–water partition coefficient (Wildman–Crippen LogP) is 3.63. The average Bonchev–Trinajstić information content (AvgIpc) is 2.06. The van der Waals surface area contributed by atoms with Gasteiger partial charge in [-0.05, 0) is 32.0 Å². The number of alkyl halides is 3. The second-order valence-corrected chi connectivity index (χ2v) is 3.31. The van der Waals surface area contributed by atoms with Gasteiger partial charge in [-0.2, -0.15) is 13.2 Å². The summed E-state index contributed by atoms with van der Waals surface area (Å²) in [5.74, 6) is -1.17. The van der Waals surface area contributed by atoms with Crippen LogP contribution in [0.1, 0.15) is 19.4 Å². The minimum atomic E-state index is -4.48. The largest absolute Gasteiger partial charge is 0.488 e. The smallest absolute Gasteiger partial charge is 0.416 e. The van der Waals surface area contributed by atoms with Gasteiger partial charge < -0.3 is 4.74 Å². The van der Waals surface area contributed by atoms with Crippen LogP contribution in [0, 0.1) is 5.82 Å². The third-order valence-electron chi connectivity index (χ3n) is 1.62. The molecule has 1 aromatic rings. The van der Waals surface area contributed by atoms with Crippen LogP contribution in [0.3, 0.4) is 0 Å². The van der Waals surface area contributed by atoms with Crippen molar-refractivity contribution in [2.75, 3.05) is 0 Å². The number of hydrogen-bond acceptors (Lipinski definition) is 1. The van der Waals surface area contributed by atoms with Crippen molar-refractivity contribution in [2.45, 2.75) is 26.1 Å². The summed E-state index contributed by atoms with van der Waals surface area (Å²) in [5.41, 5.74) is -0.917. The molecule has 0 bridgehead atoms. The fourth-order valence-corrected chi connectivity index (χ4v) is 1.02. The molecule has 0 radical (unpaired) electrons. The average molecular weight is 222 g/mol. The standard InChI is InChI=1S/C10H10F4O/c1-6(2)15-9-5-7(10(12,13)14)3-4-8(9)11/h3-6H,1-2H3. The number of halogens is 4. The van der Waals surface area contributed by atoms with Crippen LogP contribution in [-0.4, -0.2) is 6.10 Å². The molecule has 84 valence electrons. The first-order valence-electron chi connectivity index (χ1n) is 4.34. The maximum Gasteiger partial charge on any atom is 0.416 e. The molecule has 0 aliphatic rings. The zero-order valence-corrected chi connectivity index (χ0v) is 8.23. The molecule has 1 aromatic carbocycles. The van der Waals surface area contributed by atoms with Crippen LogP contribution in [0.2, 0.25) is 0 Å². The van der Waals surface area contributed by atoms with E-state index in [-0.39, 0.29) is 11.9 Å². The van der Waals surface area contributed by atoms with Crippen molar-refractivity contribution >= 4 is 0 Å². The van der Waals surface area contributed by atoms with Gasteiger partial charge in [0.05, 0.1) is 11.7 Å². The van der Waals surface area contributed by atoms with Crippen molar-refractivity contribution in [2.24, 2.45) is 0 Å². The van der Waals surface area contributed by atoms with Crippen LogP contribution in [0.5, 0.6) is 5.75 Å². The number of rotatable bonds is 2. The highest BCUT2D eigenvalue weighted by Crippen LogP contribution is 2.32. The Morgan fingerprint density at radius 1 is 1.20 bits per heavy atom. The summed E-state index contributed by atoms with van der Waals surface area (Å²) in [4.78, 5) is 0. The second-order valence-electron chi connectivity index (χ2n) is 3.31. The van der Waals surface area contributed by atoms with Crippen LogP contribution >= 0.6 is 0 Å². The fourth-order valence-electron chi connectivity index (χ4n) is 1.02. The molecule has 0 aromatic heterocycles. The Hall–Kier alpha value is -1.26. The van der Waals surface area contributed by atoms with Crippen LogP contribution in [-0.2, 0) is 6.18 Å². The van der Waals surface area contributed by atoms with Crippen LogP contribution in [0.15, 0.2) is 18.2 Å². The van der Waals surface area contributed by atoms with Crippen LogP contribution in [0.4, 0.5) is 17.6 Å². The normalized spacial score (nSPS) is 11.9. The predicted molar refractivity (Wildman–Crippen MR) is 47.2 cm³/mol. The van der Waals surface area contributed by atoms with Gasteiger partial charge in [-0.25, -0.2) is 4.39 Å². The van der Waals surface area contributed by atoms with Gasteiger partial charge in [-0.15, -0.1) is 0 Å². The first-order chi connectivity index (χ1) is 6.80. The monoisotopic (exact) mass is 222 g/mol. The molecule has 0 amide bonds. The van der Waals surface area contributed by atoms with E-state index in [0.717, 1.165) is 6.07 Å². The van der Waals surface area contributed by atoms with E-state index < -0.39 is 17.6 Å². The van der Waals surface area contributed by atoms with E-state index >= 15 is 0 Å². The molecule has 0 saturated carbocycles. The summed E-state index contributed by atoms with van der Waals surface area (Å²) >= 11 is 0. The molecular formula is C10H10F4O. The molecule has 1 rings (SSSR count). The maximum absolute atomic E-state index is 13.0.